The largest absolute Gasteiger partial charge is 0.467 e. The fraction of sp³-hybridized carbons (Fsp3) is 0.375. The molecule has 0 aliphatic carbocycles. The highest BCUT2D eigenvalue weighted by Crippen LogP contribution is 2.20. The van der Waals surface area contributed by atoms with E-state index in [4.69, 9.17) is 9.15 Å². The van der Waals surface area contributed by atoms with Crippen LogP contribution in [0.4, 0.5) is 5.82 Å². The molecule has 0 bridgehead atoms. The summed E-state index contributed by atoms with van der Waals surface area (Å²) in [6.45, 7) is 5.09. The average molecular weight is 301 g/mol. The van der Waals surface area contributed by atoms with Crippen LogP contribution in [0.15, 0.2) is 34.9 Å². The quantitative estimate of drug-likeness (QED) is 0.932. The molecule has 6 nitrogen and oxygen atoms in total. The van der Waals surface area contributed by atoms with E-state index in [0.29, 0.717) is 25.3 Å². The number of aryl methyl sites for hydroxylation is 1. The van der Waals surface area contributed by atoms with Crippen molar-refractivity contribution in [1.29, 1.82) is 0 Å². The van der Waals surface area contributed by atoms with Crippen LogP contribution in [-0.4, -0.2) is 37.2 Å². The van der Waals surface area contributed by atoms with Crippen molar-refractivity contribution >= 4 is 11.7 Å². The van der Waals surface area contributed by atoms with Gasteiger partial charge in [0, 0.05) is 18.8 Å². The first-order valence-corrected chi connectivity index (χ1v) is 7.35. The summed E-state index contributed by atoms with van der Waals surface area (Å²) in [6.07, 6.45) is 1.59. The predicted molar refractivity (Wildman–Crippen MR) is 81.9 cm³/mol. The van der Waals surface area contributed by atoms with E-state index in [9.17, 15) is 4.79 Å². The molecule has 0 saturated carbocycles. The van der Waals surface area contributed by atoms with E-state index in [-0.39, 0.29) is 5.91 Å². The first kappa shape index (κ1) is 14.6. The number of carbonyl (C=O) groups is 1. The van der Waals surface area contributed by atoms with Crippen LogP contribution in [0.25, 0.3) is 0 Å². The molecule has 6 heteroatoms. The molecule has 1 saturated heterocycles. The van der Waals surface area contributed by atoms with E-state index in [2.05, 4.69) is 15.2 Å². The maximum Gasteiger partial charge on any atom is 0.255 e. The number of aromatic nitrogens is 1. The van der Waals surface area contributed by atoms with Crippen molar-refractivity contribution < 1.29 is 13.9 Å². The zero-order valence-corrected chi connectivity index (χ0v) is 12.5. The molecule has 1 aliphatic rings. The molecule has 1 amide bonds. The van der Waals surface area contributed by atoms with Crippen molar-refractivity contribution in [1.82, 2.24) is 10.3 Å². The number of nitrogens with one attached hydrogen (secondary N) is 1. The van der Waals surface area contributed by atoms with Crippen LogP contribution in [0.5, 0.6) is 0 Å². The molecule has 1 aliphatic heterocycles. The predicted octanol–water partition coefficient (Wildman–Crippen LogP) is 1.75. The molecule has 0 spiro atoms. The highest BCUT2D eigenvalue weighted by molar-refractivity contribution is 5.98. The third-order valence-electron chi connectivity index (χ3n) is 3.57. The van der Waals surface area contributed by atoms with E-state index in [0.717, 1.165) is 30.4 Å². The number of hydrogen-bond acceptors (Lipinski definition) is 5. The second-order valence-corrected chi connectivity index (χ2v) is 5.19. The van der Waals surface area contributed by atoms with Crippen molar-refractivity contribution in [2.24, 2.45) is 0 Å². The van der Waals surface area contributed by atoms with Crippen molar-refractivity contribution in [2.75, 3.05) is 31.2 Å². The van der Waals surface area contributed by atoms with Crippen LogP contribution in [-0.2, 0) is 11.3 Å². The minimum Gasteiger partial charge on any atom is -0.467 e. The maximum atomic E-state index is 12.5. The first-order valence-electron chi connectivity index (χ1n) is 7.35. The lowest BCUT2D eigenvalue weighted by molar-refractivity contribution is 0.0946. The fourth-order valence-electron chi connectivity index (χ4n) is 2.41. The molecule has 3 heterocycles. The Morgan fingerprint density at radius 3 is 2.86 bits per heavy atom. The second kappa shape index (κ2) is 6.62. The molecule has 0 radical (unpaired) electrons. The Morgan fingerprint density at radius 1 is 1.32 bits per heavy atom. The minimum absolute atomic E-state index is 0.148. The Hall–Kier alpha value is -2.34. The topological polar surface area (TPSA) is 67.6 Å². The van der Waals surface area contributed by atoms with Crippen LogP contribution in [0.2, 0.25) is 0 Å². The summed E-state index contributed by atoms with van der Waals surface area (Å²) in [5.74, 6) is 1.30. The van der Waals surface area contributed by atoms with Gasteiger partial charge in [-0.15, -0.1) is 0 Å². The van der Waals surface area contributed by atoms with E-state index in [1.54, 1.807) is 12.3 Å². The van der Waals surface area contributed by atoms with E-state index in [1.165, 1.54) is 0 Å². The smallest absolute Gasteiger partial charge is 0.255 e. The number of ether oxygens (including phenoxy) is 1. The van der Waals surface area contributed by atoms with E-state index < -0.39 is 0 Å². The average Bonchev–Trinajstić information content (AvgIpc) is 3.07. The van der Waals surface area contributed by atoms with Crippen molar-refractivity contribution in [3.05, 3.63) is 47.5 Å². The third-order valence-corrected chi connectivity index (χ3v) is 3.57. The number of rotatable bonds is 4. The molecule has 0 atom stereocenters. The van der Waals surface area contributed by atoms with Gasteiger partial charge in [0.2, 0.25) is 0 Å². The number of furan rings is 1. The molecule has 116 valence electrons. The van der Waals surface area contributed by atoms with Crippen LogP contribution >= 0.6 is 0 Å². The monoisotopic (exact) mass is 301 g/mol. The van der Waals surface area contributed by atoms with Gasteiger partial charge in [-0.1, -0.05) is 0 Å². The standard InChI is InChI=1S/C16H19N3O3/c1-12-4-5-14(15(18-12)19-6-9-21-10-7-19)16(20)17-11-13-3-2-8-22-13/h2-5,8H,6-7,9-11H2,1H3,(H,17,20). The van der Waals surface area contributed by atoms with E-state index in [1.807, 2.05) is 25.1 Å². The first-order chi connectivity index (χ1) is 10.7. The number of pyridine rings is 1. The van der Waals surface area contributed by atoms with Crippen molar-refractivity contribution in [3.63, 3.8) is 0 Å². The maximum absolute atomic E-state index is 12.5. The second-order valence-electron chi connectivity index (χ2n) is 5.19. The lowest BCUT2D eigenvalue weighted by atomic mass is 10.2. The fourth-order valence-corrected chi connectivity index (χ4v) is 2.41. The Bertz CT molecular complexity index is 634. The molecule has 0 aromatic carbocycles. The van der Waals surface area contributed by atoms with Crippen molar-refractivity contribution in [2.45, 2.75) is 13.5 Å². The molecule has 2 aromatic rings. The summed E-state index contributed by atoms with van der Waals surface area (Å²) in [5.41, 5.74) is 1.48. The Balaban J connectivity index is 1.77. The van der Waals surface area contributed by atoms with Crippen molar-refractivity contribution in [3.8, 4) is 0 Å². The van der Waals surface area contributed by atoms with E-state index >= 15 is 0 Å². The van der Waals surface area contributed by atoms with Crippen LogP contribution < -0.4 is 10.2 Å². The van der Waals surface area contributed by atoms with Gasteiger partial charge in [-0.3, -0.25) is 4.79 Å². The minimum atomic E-state index is -0.148. The summed E-state index contributed by atoms with van der Waals surface area (Å²) in [4.78, 5) is 19.1. The molecule has 2 aromatic heterocycles. The van der Waals surface area contributed by atoms with Gasteiger partial charge in [-0.2, -0.15) is 0 Å². The Labute approximate surface area is 129 Å². The normalized spacial score (nSPS) is 14.9. The number of nitrogens with zero attached hydrogens (tertiary/aromatic N) is 2. The molecular formula is C16H19N3O3. The number of morpholine rings is 1. The molecule has 1 fully saturated rings. The highest BCUT2D eigenvalue weighted by Gasteiger charge is 2.20. The number of hydrogen-bond donors (Lipinski definition) is 1. The summed E-state index contributed by atoms with van der Waals surface area (Å²) >= 11 is 0. The van der Waals surface area contributed by atoms with Gasteiger partial charge < -0.3 is 19.4 Å². The van der Waals surface area contributed by atoms with Gasteiger partial charge in [0.25, 0.3) is 5.91 Å². The Kier molecular flexibility index (Phi) is 4.39. The van der Waals surface area contributed by atoms with Gasteiger partial charge in [-0.25, -0.2) is 4.98 Å². The molecule has 3 rings (SSSR count). The number of anilines is 1. The van der Waals surface area contributed by atoms with Crippen LogP contribution in [0.1, 0.15) is 21.8 Å². The summed E-state index contributed by atoms with van der Waals surface area (Å²) < 4.78 is 10.6. The van der Waals surface area contributed by atoms with Gasteiger partial charge in [0.1, 0.15) is 11.6 Å². The summed E-state index contributed by atoms with van der Waals surface area (Å²) in [7, 11) is 0. The molecule has 1 N–H and O–H groups in total. The molecule has 22 heavy (non-hydrogen) atoms. The summed E-state index contributed by atoms with van der Waals surface area (Å²) in [5, 5.41) is 2.87. The van der Waals surface area contributed by atoms with Crippen LogP contribution in [0.3, 0.4) is 0 Å². The zero-order valence-electron chi connectivity index (χ0n) is 12.5. The number of carbonyl (C=O) groups excluding carboxylic acids is 1. The molecule has 0 unspecified atom stereocenters. The zero-order chi connectivity index (χ0) is 15.4. The highest BCUT2D eigenvalue weighted by atomic mass is 16.5. The van der Waals surface area contributed by atoms with Gasteiger partial charge in [0.15, 0.2) is 0 Å². The van der Waals surface area contributed by atoms with Gasteiger partial charge in [0.05, 0.1) is 31.6 Å². The van der Waals surface area contributed by atoms with Gasteiger partial charge >= 0.3 is 0 Å². The SMILES string of the molecule is Cc1ccc(C(=O)NCc2ccco2)c(N2CCOCC2)n1. The number of amides is 1. The molecular weight excluding hydrogens is 282 g/mol. The van der Waals surface area contributed by atoms with Gasteiger partial charge in [-0.05, 0) is 31.2 Å². The Morgan fingerprint density at radius 2 is 2.14 bits per heavy atom. The lowest BCUT2D eigenvalue weighted by Gasteiger charge is -2.29. The summed E-state index contributed by atoms with van der Waals surface area (Å²) in [6, 6.07) is 7.31. The lowest BCUT2D eigenvalue weighted by Crippen LogP contribution is -2.38. The van der Waals surface area contributed by atoms with Crippen LogP contribution in [0, 0.1) is 6.92 Å². The third kappa shape index (κ3) is 3.28.